The second-order valence-electron chi connectivity index (χ2n) is 28.7. The topological polar surface area (TPSA) is 74.8 Å². The Morgan fingerprint density at radius 2 is 0.814 bits per heavy atom. The van der Waals surface area contributed by atoms with Gasteiger partial charge >= 0.3 is 0 Å². The molecule has 0 spiro atoms. The molecular weight excluding hydrogens is 1450 g/mol. The summed E-state index contributed by atoms with van der Waals surface area (Å²) in [4.78, 5) is 71.5. The van der Waals surface area contributed by atoms with Gasteiger partial charge in [-0.15, -0.1) is 103 Å². The van der Waals surface area contributed by atoms with Crippen molar-refractivity contribution in [3.05, 3.63) is 116 Å². The minimum absolute atomic E-state index is 0.0806. The first kappa shape index (κ1) is 76.3. The number of halogens is 2. The Balaban J connectivity index is 0.985. The van der Waals surface area contributed by atoms with E-state index in [1.54, 1.807) is 44.6 Å². The van der Waals surface area contributed by atoms with Crippen LogP contribution in [0.4, 0.5) is 8.78 Å². The zero-order chi connectivity index (χ0) is 72.3. The molecule has 6 nitrogen and oxygen atoms in total. The number of aryl methyl sites for hydroxylation is 2. The number of hydrogen-bond donors (Lipinski definition) is 0. The predicted molar refractivity (Wildman–Crippen MR) is 448 cm³/mol. The number of carbonyl (C=O) groups excluding carboxylic acids is 4. The van der Waals surface area contributed by atoms with Gasteiger partial charge in [-0.25, -0.2) is 8.78 Å². The van der Waals surface area contributed by atoms with Gasteiger partial charge in [-0.1, -0.05) is 207 Å². The Labute approximate surface area is 638 Å². The van der Waals surface area contributed by atoms with Crippen LogP contribution in [0.2, 0.25) is 36.3 Å². The van der Waals surface area contributed by atoms with E-state index >= 15 is 18.4 Å². The Bertz CT molecular complexity index is 4600. The first-order valence-corrected chi connectivity index (χ1v) is 49.6. The van der Waals surface area contributed by atoms with E-state index in [0.717, 1.165) is 40.3 Å². The van der Waals surface area contributed by atoms with Crippen LogP contribution in [0.25, 0.3) is 91.2 Å². The molecule has 12 rings (SSSR count). The summed E-state index contributed by atoms with van der Waals surface area (Å²) in [6, 6.07) is 33.1. The van der Waals surface area contributed by atoms with E-state index in [1.807, 2.05) is 37.3 Å². The third-order valence-electron chi connectivity index (χ3n) is 21.8. The van der Waals surface area contributed by atoms with Crippen molar-refractivity contribution in [3.63, 3.8) is 0 Å². The summed E-state index contributed by atoms with van der Waals surface area (Å²) in [5.41, 5.74) is 4.26. The van der Waals surface area contributed by atoms with E-state index in [-0.39, 0.29) is 47.2 Å². The van der Waals surface area contributed by atoms with Crippen molar-refractivity contribution >= 4 is 160 Å². The Morgan fingerprint density at radius 3 is 1.26 bits per heavy atom. The number of rotatable bonds is 36. The molecule has 0 saturated carbocycles. The van der Waals surface area contributed by atoms with Crippen molar-refractivity contribution in [1.29, 1.82) is 0 Å². The minimum atomic E-state index is -1.89. The van der Waals surface area contributed by atoms with E-state index in [1.165, 1.54) is 214 Å². The van der Waals surface area contributed by atoms with Gasteiger partial charge < -0.3 is 0 Å². The number of terminal acetylenes is 1. The fraction of sp³-hybridized carbons (Fsp3) is 0.452. The average molecular weight is 1550 g/mol. The number of nitrogens with zero attached hydrogens (tertiary/aromatic N) is 2. The fourth-order valence-corrected chi connectivity index (χ4v) is 39.0. The molecule has 2 aliphatic rings. The Morgan fingerprint density at radius 1 is 0.412 bits per heavy atom. The summed E-state index contributed by atoms with van der Waals surface area (Å²) in [6.07, 6.45) is 25.3. The van der Waals surface area contributed by atoms with Gasteiger partial charge in [0.05, 0.1) is 53.0 Å². The van der Waals surface area contributed by atoms with Crippen LogP contribution in [0.5, 0.6) is 0 Å². The number of carbonyl (C=O) groups is 4. The molecule has 0 saturated heterocycles. The highest BCUT2D eigenvalue weighted by atomic mass is 32.1. The second-order valence-corrected chi connectivity index (χ2v) is 47.5. The van der Waals surface area contributed by atoms with Crippen molar-refractivity contribution in [2.45, 2.75) is 222 Å². The van der Waals surface area contributed by atoms with Crippen molar-refractivity contribution < 1.29 is 28.0 Å². The molecule has 10 aromatic rings. The van der Waals surface area contributed by atoms with Crippen LogP contribution in [-0.2, 0) is 0 Å². The third kappa shape index (κ3) is 14.5. The SMILES string of the molecule is C#CC(CC)CN1C(=O)c2c(-c3ccc(-c4ccc(-c5ccc(-c6sc(C)c7c6C(=O)N(CC(CC)CCCC)C7=O)s5)c(F)c4F)s3)sc(-c3cc4c(-c5ccc([Si](CCCC)(CCCC)CCCC)s5)c5sc(C)cc5c(-c5ccc([Si](CCCC)(CCCC)CCCC)s5)c4s3)c2C1=O. The van der Waals surface area contributed by atoms with Crippen molar-refractivity contribution in [3.8, 4) is 83.4 Å². The zero-order valence-corrected chi connectivity index (χ0v) is 69.9. The smallest absolute Gasteiger partial charge is 0.263 e. The molecular formula is C84H98F2N2O4S8Si2. The summed E-state index contributed by atoms with van der Waals surface area (Å²) in [5.74, 6) is -0.576. The van der Waals surface area contributed by atoms with E-state index in [0.29, 0.717) is 64.5 Å². The number of unbranched alkanes of at least 4 members (excludes halogenated alkanes) is 7. The van der Waals surface area contributed by atoms with E-state index in [4.69, 9.17) is 6.42 Å². The molecule has 0 fully saturated rings. The molecule has 0 bridgehead atoms. The second kappa shape index (κ2) is 33.2. The number of amides is 4. The summed E-state index contributed by atoms with van der Waals surface area (Å²) in [7, 11) is -3.78. The number of benzene rings is 2. The van der Waals surface area contributed by atoms with Gasteiger partial charge in [0.1, 0.15) is 0 Å². The molecule has 4 amide bonds. The fourth-order valence-electron chi connectivity index (χ4n) is 15.8. The van der Waals surface area contributed by atoms with Crippen LogP contribution in [0.3, 0.4) is 0 Å². The number of hydrogen-bond acceptors (Lipinski definition) is 12. The molecule has 538 valence electrons. The summed E-state index contributed by atoms with van der Waals surface area (Å²) >= 11 is 13.1. The maximum Gasteiger partial charge on any atom is 0.263 e. The highest BCUT2D eigenvalue weighted by Gasteiger charge is 2.46. The van der Waals surface area contributed by atoms with Crippen LogP contribution in [0, 0.1) is 49.7 Å². The normalized spacial score (nSPS) is 14.1. The van der Waals surface area contributed by atoms with Gasteiger partial charge in [0.2, 0.25) is 0 Å². The monoisotopic (exact) mass is 1550 g/mol. The quantitative estimate of drug-likeness (QED) is 0.0223. The molecule has 8 aromatic heterocycles. The molecule has 18 heteroatoms. The lowest BCUT2D eigenvalue weighted by atomic mass is 9.99. The van der Waals surface area contributed by atoms with Gasteiger partial charge in [0, 0.05) is 105 Å². The predicted octanol–water partition coefficient (Wildman–Crippen LogP) is 27.2. The van der Waals surface area contributed by atoms with Gasteiger partial charge in [0.25, 0.3) is 23.6 Å². The minimum Gasteiger partial charge on any atom is -0.274 e. The lowest BCUT2D eigenvalue weighted by Crippen LogP contribution is -2.45. The van der Waals surface area contributed by atoms with Crippen molar-refractivity contribution in [2.24, 2.45) is 11.8 Å². The molecule has 2 atom stereocenters. The lowest BCUT2D eigenvalue weighted by molar-refractivity contribution is 0.0615. The van der Waals surface area contributed by atoms with E-state index < -0.39 is 33.7 Å². The Hall–Kier alpha value is -5.31. The molecule has 2 aliphatic heterocycles. The summed E-state index contributed by atoms with van der Waals surface area (Å²) < 4.78 is 39.8. The molecule has 102 heavy (non-hydrogen) atoms. The highest BCUT2D eigenvalue weighted by Crippen LogP contribution is 2.57. The lowest BCUT2D eigenvalue weighted by Gasteiger charge is -2.31. The first-order chi connectivity index (χ1) is 49.4. The van der Waals surface area contributed by atoms with Gasteiger partial charge in [0.15, 0.2) is 11.6 Å². The van der Waals surface area contributed by atoms with E-state index in [9.17, 15) is 9.59 Å². The number of fused-ring (bicyclic) bond motifs is 4. The van der Waals surface area contributed by atoms with E-state index in [2.05, 4.69) is 127 Å². The maximum absolute atomic E-state index is 17.1. The number of thiophene rings is 8. The van der Waals surface area contributed by atoms with Crippen LogP contribution in [0.1, 0.15) is 223 Å². The standard InChI is InChI=1S/C84H98F2N2O4S8Si2/c1-13-23-30-54(22-10)50-88-81(89)68-52(12)94-78(71(68)82(88)90)63-35-33-59(95-63)55-31-32-56(75(86)74(55)85)60-34-36-64(96-60)79-72-73(84(92)87(83(72)91)49-53(20-8)21-9)80(100-79)65-48-58-70(62-38-40-67(98-62)102(44-27-17-5,45-28-18-6)46-29-19-7)76-57(47-51(11)93-76)69(77(58)99-65)61-37-39-66(97-61)101(41-24-14-2,42-25-15-3)43-26-16-4/h8,31-40,47-48,53-54H,13-19,21-30,41-46,49-50H2,1-7,9-12H3. The molecule has 0 aliphatic carbocycles. The highest BCUT2D eigenvalue weighted by molar-refractivity contribution is 7.33. The van der Waals surface area contributed by atoms with Gasteiger partial charge in [-0.2, -0.15) is 0 Å². The third-order valence-corrected chi connectivity index (χ3v) is 44.4. The zero-order valence-electron chi connectivity index (χ0n) is 61.4. The van der Waals surface area contributed by atoms with Gasteiger partial charge in [-0.05, 0) is 102 Å². The van der Waals surface area contributed by atoms with Gasteiger partial charge in [-0.3, -0.25) is 29.0 Å². The summed E-state index contributed by atoms with van der Waals surface area (Å²) in [6.45, 7) is 24.9. The van der Waals surface area contributed by atoms with Crippen LogP contribution >= 0.6 is 90.7 Å². The van der Waals surface area contributed by atoms with Crippen molar-refractivity contribution in [1.82, 2.24) is 9.80 Å². The molecule has 10 heterocycles. The maximum atomic E-state index is 17.1. The van der Waals surface area contributed by atoms with Crippen LogP contribution < -0.4 is 9.00 Å². The Kier molecular flexibility index (Phi) is 24.9. The van der Waals surface area contributed by atoms with Crippen LogP contribution in [-0.4, -0.2) is 62.7 Å². The average Bonchev–Trinajstić information content (AvgIpc) is 1.55. The molecule has 2 aromatic carbocycles. The van der Waals surface area contributed by atoms with Crippen molar-refractivity contribution in [2.75, 3.05) is 13.1 Å². The largest absolute Gasteiger partial charge is 0.274 e. The molecule has 0 radical (unpaired) electrons. The number of imide groups is 2. The van der Waals surface area contributed by atoms with Crippen LogP contribution in [0.15, 0.2) is 72.8 Å². The molecule has 2 unspecified atom stereocenters. The molecule has 0 N–H and O–H groups in total. The first-order valence-electron chi connectivity index (χ1n) is 37.8. The summed E-state index contributed by atoms with van der Waals surface area (Å²) in [5, 5.41) is 2.45.